The summed E-state index contributed by atoms with van der Waals surface area (Å²) in [5, 5.41) is 15.6. The molecule has 0 saturated carbocycles. The van der Waals surface area contributed by atoms with E-state index in [1.165, 1.54) is 0 Å². The molecule has 2 rings (SSSR count). The molecule has 1 aliphatic heterocycles. The molecule has 4 nitrogen and oxygen atoms in total. The van der Waals surface area contributed by atoms with E-state index in [9.17, 15) is 14.3 Å². The SMILES string of the molecule is O=C(NC[C@@H](O)c1ccccc1Cl)[C@@]1(F)CCNC1. The average molecular weight is 287 g/mol. The Kier molecular flexibility index (Phi) is 4.39. The summed E-state index contributed by atoms with van der Waals surface area (Å²) in [5.41, 5.74) is -1.36. The van der Waals surface area contributed by atoms with E-state index in [1.807, 2.05) is 0 Å². The Hall–Kier alpha value is -1.17. The van der Waals surface area contributed by atoms with Crippen molar-refractivity contribution < 1.29 is 14.3 Å². The lowest BCUT2D eigenvalue weighted by Crippen LogP contribution is -2.46. The second kappa shape index (κ2) is 5.86. The highest BCUT2D eigenvalue weighted by atomic mass is 35.5. The van der Waals surface area contributed by atoms with Gasteiger partial charge in [-0.3, -0.25) is 4.79 Å². The Labute approximate surface area is 116 Å². The predicted molar refractivity (Wildman–Crippen MR) is 70.7 cm³/mol. The first-order chi connectivity index (χ1) is 9.03. The number of aliphatic hydroxyl groups is 1. The van der Waals surface area contributed by atoms with Crippen LogP contribution in [0.4, 0.5) is 4.39 Å². The molecule has 6 heteroatoms. The largest absolute Gasteiger partial charge is 0.387 e. The van der Waals surface area contributed by atoms with E-state index < -0.39 is 17.7 Å². The molecular weight excluding hydrogens is 271 g/mol. The number of hydrogen-bond donors (Lipinski definition) is 3. The van der Waals surface area contributed by atoms with Gasteiger partial charge in [-0.1, -0.05) is 29.8 Å². The Morgan fingerprint density at radius 3 is 2.95 bits per heavy atom. The zero-order chi connectivity index (χ0) is 13.9. The molecule has 1 aromatic rings. The van der Waals surface area contributed by atoms with E-state index in [4.69, 9.17) is 11.6 Å². The van der Waals surface area contributed by atoms with Crippen molar-refractivity contribution in [2.45, 2.75) is 18.2 Å². The molecule has 19 heavy (non-hydrogen) atoms. The van der Waals surface area contributed by atoms with Crippen LogP contribution in [0.3, 0.4) is 0 Å². The van der Waals surface area contributed by atoms with Crippen LogP contribution in [0.15, 0.2) is 24.3 Å². The van der Waals surface area contributed by atoms with Gasteiger partial charge in [0, 0.05) is 30.1 Å². The van der Waals surface area contributed by atoms with Crippen molar-refractivity contribution in [1.29, 1.82) is 0 Å². The molecule has 104 valence electrons. The van der Waals surface area contributed by atoms with Crippen LogP contribution in [-0.2, 0) is 4.79 Å². The van der Waals surface area contributed by atoms with Crippen LogP contribution in [0.5, 0.6) is 0 Å². The van der Waals surface area contributed by atoms with Gasteiger partial charge >= 0.3 is 0 Å². The van der Waals surface area contributed by atoms with Gasteiger partial charge in [0.05, 0.1) is 6.10 Å². The second-order valence-electron chi connectivity index (χ2n) is 4.64. The smallest absolute Gasteiger partial charge is 0.259 e. The number of benzene rings is 1. The molecule has 0 aliphatic carbocycles. The van der Waals surface area contributed by atoms with Crippen molar-refractivity contribution in [3.63, 3.8) is 0 Å². The lowest BCUT2D eigenvalue weighted by atomic mass is 10.0. The fraction of sp³-hybridized carbons (Fsp3) is 0.462. The molecule has 1 aliphatic rings. The van der Waals surface area contributed by atoms with E-state index >= 15 is 0 Å². The highest BCUT2D eigenvalue weighted by Gasteiger charge is 2.41. The van der Waals surface area contributed by atoms with Gasteiger partial charge in [0.1, 0.15) is 0 Å². The van der Waals surface area contributed by atoms with Crippen LogP contribution in [0.2, 0.25) is 5.02 Å². The summed E-state index contributed by atoms with van der Waals surface area (Å²) in [5.74, 6) is -0.691. The van der Waals surface area contributed by atoms with E-state index in [0.717, 1.165) is 0 Å². The Bertz CT molecular complexity index is 464. The first-order valence-electron chi connectivity index (χ1n) is 6.13. The topological polar surface area (TPSA) is 61.4 Å². The molecule has 0 bridgehead atoms. The third kappa shape index (κ3) is 3.23. The summed E-state index contributed by atoms with van der Waals surface area (Å²) in [6.07, 6.45) is -0.795. The molecule has 0 spiro atoms. The van der Waals surface area contributed by atoms with Gasteiger partial charge in [-0.2, -0.15) is 0 Å². The van der Waals surface area contributed by atoms with Gasteiger partial charge in [-0.05, 0) is 12.6 Å². The monoisotopic (exact) mass is 286 g/mol. The van der Waals surface area contributed by atoms with Crippen LogP contribution in [0, 0.1) is 0 Å². The lowest BCUT2D eigenvalue weighted by molar-refractivity contribution is -0.132. The highest BCUT2D eigenvalue weighted by molar-refractivity contribution is 6.31. The van der Waals surface area contributed by atoms with Crippen molar-refractivity contribution in [3.8, 4) is 0 Å². The van der Waals surface area contributed by atoms with Crippen molar-refractivity contribution >= 4 is 17.5 Å². The maximum Gasteiger partial charge on any atom is 0.259 e. The van der Waals surface area contributed by atoms with Gasteiger partial charge < -0.3 is 15.7 Å². The van der Waals surface area contributed by atoms with E-state index in [2.05, 4.69) is 10.6 Å². The Morgan fingerprint density at radius 2 is 2.32 bits per heavy atom. The minimum atomic E-state index is -1.87. The number of hydrogen-bond acceptors (Lipinski definition) is 3. The standard InChI is InChI=1S/C13H16ClFN2O2/c14-10-4-2-1-3-9(10)11(18)7-17-12(19)13(15)5-6-16-8-13/h1-4,11,16,18H,5-8H2,(H,17,19)/t11-,13-/m1/s1. The zero-order valence-electron chi connectivity index (χ0n) is 10.3. The van der Waals surface area contributed by atoms with Crippen LogP contribution >= 0.6 is 11.6 Å². The summed E-state index contributed by atoms with van der Waals surface area (Å²) < 4.78 is 14.1. The molecule has 0 radical (unpaired) electrons. The average Bonchev–Trinajstić information content (AvgIpc) is 2.84. The molecule has 3 N–H and O–H groups in total. The number of aliphatic hydroxyl groups excluding tert-OH is 1. The molecule has 1 aromatic carbocycles. The molecule has 1 heterocycles. The van der Waals surface area contributed by atoms with Gasteiger partial charge in [-0.25, -0.2) is 4.39 Å². The van der Waals surface area contributed by atoms with E-state index in [1.54, 1.807) is 24.3 Å². The molecule has 0 aromatic heterocycles. The highest BCUT2D eigenvalue weighted by Crippen LogP contribution is 2.23. The third-order valence-corrected chi connectivity index (χ3v) is 3.57. The van der Waals surface area contributed by atoms with E-state index in [-0.39, 0.29) is 19.5 Å². The van der Waals surface area contributed by atoms with Crippen molar-refractivity contribution in [3.05, 3.63) is 34.9 Å². The lowest BCUT2D eigenvalue weighted by Gasteiger charge is -2.19. The molecular formula is C13H16ClFN2O2. The van der Waals surface area contributed by atoms with Gasteiger partial charge in [0.15, 0.2) is 0 Å². The summed E-state index contributed by atoms with van der Waals surface area (Å²) in [6, 6.07) is 6.81. The number of rotatable bonds is 4. The number of carbonyl (C=O) groups excluding carboxylic acids is 1. The summed E-state index contributed by atoms with van der Waals surface area (Å²) in [7, 11) is 0. The van der Waals surface area contributed by atoms with Crippen LogP contribution < -0.4 is 10.6 Å². The fourth-order valence-electron chi connectivity index (χ4n) is 2.06. The molecule has 0 unspecified atom stereocenters. The van der Waals surface area contributed by atoms with Gasteiger partial charge in [0.25, 0.3) is 5.91 Å². The summed E-state index contributed by atoms with van der Waals surface area (Å²) in [4.78, 5) is 11.7. The van der Waals surface area contributed by atoms with Crippen molar-refractivity contribution in [1.82, 2.24) is 10.6 Å². The summed E-state index contributed by atoms with van der Waals surface area (Å²) >= 11 is 5.93. The molecule has 1 fully saturated rings. The maximum absolute atomic E-state index is 14.1. The normalized spacial score (nSPS) is 24.2. The van der Waals surface area contributed by atoms with E-state index in [0.29, 0.717) is 17.1 Å². The summed E-state index contributed by atoms with van der Waals surface area (Å²) in [6.45, 7) is 0.437. The second-order valence-corrected chi connectivity index (χ2v) is 5.05. The Balaban J connectivity index is 1.92. The van der Waals surface area contributed by atoms with Crippen LogP contribution in [-0.4, -0.2) is 36.3 Å². The van der Waals surface area contributed by atoms with Gasteiger partial charge in [-0.15, -0.1) is 0 Å². The van der Waals surface area contributed by atoms with Crippen LogP contribution in [0.1, 0.15) is 18.1 Å². The predicted octanol–water partition coefficient (Wildman–Crippen LogP) is 1.19. The number of alkyl halides is 1. The molecule has 1 saturated heterocycles. The Morgan fingerprint density at radius 1 is 1.58 bits per heavy atom. The fourth-order valence-corrected chi connectivity index (χ4v) is 2.32. The molecule has 1 amide bonds. The van der Waals surface area contributed by atoms with Crippen molar-refractivity contribution in [2.75, 3.05) is 19.6 Å². The number of halogens is 2. The molecule has 2 atom stereocenters. The first kappa shape index (κ1) is 14.2. The minimum Gasteiger partial charge on any atom is -0.387 e. The van der Waals surface area contributed by atoms with Gasteiger partial charge in [0.2, 0.25) is 5.67 Å². The maximum atomic E-state index is 14.1. The zero-order valence-corrected chi connectivity index (χ0v) is 11.1. The third-order valence-electron chi connectivity index (χ3n) is 3.23. The number of amides is 1. The quantitative estimate of drug-likeness (QED) is 0.779. The first-order valence-corrected chi connectivity index (χ1v) is 6.51. The number of nitrogens with one attached hydrogen (secondary N) is 2. The number of carbonyl (C=O) groups is 1. The minimum absolute atomic E-state index is 0.0149. The van der Waals surface area contributed by atoms with Crippen molar-refractivity contribution in [2.24, 2.45) is 0 Å². The van der Waals surface area contributed by atoms with Crippen LogP contribution in [0.25, 0.3) is 0 Å².